The molecule has 1 saturated heterocycles. The van der Waals surface area contributed by atoms with Crippen molar-refractivity contribution in [1.29, 1.82) is 0 Å². The third-order valence-electron chi connectivity index (χ3n) is 5.35. The van der Waals surface area contributed by atoms with Crippen LogP contribution in [-0.4, -0.2) is 31.2 Å². The van der Waals surface area contributed by atoms with E-state index in [1.165, 1.54) is 0 Å². The van der Waals surface area contributed by atoms with Crippen molar-refractivity contribution in [1.82, 2.24) is 5.32 Å². The molecule has 2 aromatic carbocycles. The molecule has 2 aliphatic heterocycles. The zero-order chi connectivity index (χ0) is 19.7. The number of anilines is 2. The van der Waals surface area contributed by atoms with Gasteiger partial charge in [0.15, 0.2) is 0 Å². The van der Waals surface area contributed by atoms with Crippen LogP contribution in [0.4, 0.5) is 15.8 Å². The summed E-state index contributed by atoms with van der Waals surface area (Å²) >= 11 is 1.63. The zero-order valence-corrected chi connectivity index (χ0v) is 16.4. The van der Waals surface area contributed by atoms with Gasteiger partial charge >= 0.3 is 0 Å². The van der Waals surface area contributed by atoms with E-state index >= 15 is 0 Å². The second-order valence-corrected chi connectivity index (χ2v) is 7.96. The van der Waals surface area contributed by atoms with E-state index in [9.17, 15) is 14.0 Å². The maximum absolute atomic E-state index is 14.8. The summed E-state index contributed by atoms with van der Waals surface area (Å²) in [6.45, 7) is 1.67. The Kier molecular flexibility index (Phi) is 5.37. The van der Waals surface area contributed by atoms with Crippen LogP contribution in [-0.2, 0) is 22.6 Å². The molecule has 0 aliphatic carbocycles. The van der Waals surface area contributed by atoms with Gasteiger partial charge < -0.3 is 15.5 Å². The van der Waals surface area contributed by atoms with Crippen LogP contribution in [0.3, 0.4) is 0 Å². The highest BCUT2D eigenvalue weighted by Gasteiger charge is 2.35. The Bertz CT molecular complexity index is 917. The SMILES string of the molecule is CSc1ccc(N2CC(C(=O)Nc3ccc4c(c3F)CCNC4)CC2=O)cc1. The molecule has 7 heteroatoms. The number of carbonyl (C=O) groups is 2. The number of benzene rings is 2. The number of amides is 2. The maximum atomic E-state index is 14.8. The lowest BCUT2D eigenvalue weighted by atomic mass is 9.99. The van der Waals surface area contributed by atoms with E-state index in [1.807, 2.05) is 36.6 Å². The molecular formula is C21H22FN3O2S. The molecule has 0 saturated carbocycles. The van der Waals surface area contributed by atoms with Crippen LogP contribution >= 0.6 is 11.8 Å². The van der Waals surface area contributed by atoms with Crippen molar-refractivity contribution in [2.24, 2.45) is 5.92 Å². The smallest absolute Gasteiger partial charge is 0.229 e. The lowest BCUT2D eigenvalue weighted by Gasteiger charge is -2.20. The van der Waals surface area contributed by atoms with Crippen LogP contribution in [0, 0.1) is 11.7 Å². The molecule has 28 heavy (non-hydrogen) atoms. The van der Waals surface area contributed by atoms with Gasteiger partial charge in [0.05, 0.1) is 11.6 Å². The van der Waals surface area contributed by atoms with Gasteiger partial charge in [0.1, 0.15) is 5.82 Å². The summed E-state index contributed by atoms with van der Waals surface area (Å²) in [5.74, 6) is -1.26. The maximum Gasteiger partial charge on any atom is 0.229 e. The molecule has 0 aromatic heterocycles. The molecule has 4 rings (SSSR count). The van der Waals surface area contributed by atoms with Crippen LogP contribution in [0.5, 0.6) is 0 Å². The first-order chi connectivity index (χ1) is 13.6. The molecule has 2 amide bonds. The second kappa shape index (κ2) is 7.93. The molecule has 2 aromatic rings. The minimum absolute atomic E-state index is 0.0889. The zero-order valence-electron chi connectivity index (χ0n) is 15.6. The van der Waals surface area contributed by atoms with Gasteiger partial charge in [-0.2, -0.15) is 0 Å². The van der Waals surface area contributed by atoms with Crippen LogP contribution in [0.25, 0.3) is 0 Å². The number of hydrogen-bond donors (Lipinski definition) is 2. The summed E-state index contributed by atoms with van der Waals surface area (Å²) in [7, 11) is 0. The summed E-state index contributed by atoms with van der Waals surface area (Å²) < 4.78 is 14.8. The Balaban J connectivity index is 1.46. The predicted octanol–water partition coefficient (Wildman–Crippen LogP) is 3.18. The van der Waals surface area contributed by atoms with Gasteiger partial charge in [0, 0.05) is 30.1 Å². The highest BCUT2D eigenvalue weighted by molar-refractivity contribution is 7.98. The van der Waals surface area contributed by atoms with Crippen molar-refractivity contribution < 1.29 is 14.0 Å². The van der Waals surface area contributed by atoms with Gasteiger partial charge in [-0.15, -0.1) is 11.8 Å². The molecule has 0 bridgehead atoms. The first-order valence-corrected chi connectivity index (χ1v) is 10.6. The lowest BCUT2D eigenvalue weighted by molar-refractivity contribution is -0.122. The Hall–Kier alpha value is -2.38. The van der Waals surface area contributed by atoms with Gasteiger partial charge in [0.25, 0.3) is 0 Å². The van der Waals surface area contributed by atoms with Gasteiger partial charge in [-0.3, -0.25) is 9.59 Å². The molecule has 2 N–H and O–H groups in total. The molecular weight excluding hydrogens is 377 g/mol. The molecule has 0 radical (unpaired) electrons. The monoisotopic (exact) mass is 399 g/mol. The van der Waals surface area contributed by atoms with Gasteiger partial charge in [-0.1, -0.05) is 6.07 Å². The standard InChI is InChI=1S/C21H22FN3O2S/c1-28-16-5-3-15(4-6-16)25-12-14(10-19(25)26)21(27)24-18-7-2-13-11-23-9-8-17(13)20(18)22/h2-7,14,23H,8-12H2,1H3,(H,24,27). The van der Waals surface area contributed by atoms with Crippen LogP contribution in [0.15, 0.2) is 41.3 Å². The molecule has 1 atom stereocenters. The highest BCUT2D eigenvalue weighted by Crippen LogP contribution is 2.29. The van der Waals surface area contributed by atoms with Crippen molar-refractivity contribution in [3.8, 4) is 0 Å². The summed E-state index contributed by atoms with van der Waals surface area (Å²) in [6, 6.07) is 11.1. The quantitative estimate of drug-likeness (QED) is 0.776. The summed E-state index contributed by atoms with van der Waals surface area (Å²) in [4.78, 5) is 27.8. The third kappa shape index (κ3) is 3.64. The topological polar surface area (TPSA) is 61.4 Å². The summed E-state index contributed by atoms with van der Waals surface area (Å²) in [5, 5.41) is 5.90. The Morgan fingerprint density at radius 1 is 1.25 bits per heavy atom. The van der Waals surface area contributed by atoms with Gasteiger partial charge in [-0.25, -0.2) is 4.39 Å². The van der Waals surface area contributed by atoms with E-state index in [0.717, 1.165) is 22.7 Å². The fourth-order valence-corrected chi connectivity index (χ4v) is 4.17. The average Bonchev–Trinajstić information content (AvgIpc) is 3.12. The van der Waals surface area contributed by atoms with E-state index in [0.29, 0.717) is 25.1 Å². The van der Waals surface area contributed by atoms with E-state index in [-0.39, 0.29) is 29.7 Å². The fourth-order valence-electron chi connectivity index (χ4n) is 3.76. The van der Waals surface area contributed by atoms with Crippen LogP contribution in [0.1, 0.15) is 17.5 Å². The molecule has 5 nitrogen and oxygen atoms in total. The Labute approximate surface area is 167 Å². The molecule has 0 spiro atoms. The normalized spacial score (nSPS) is 18.9. The minimum atomic E-state index is -0.496. The van der Waals surface area contributed by atoms with Crippen LogP contribution in [0.2, 0.25) is 0 Å². The first-order valence-electron chi connectivity index (χ1n) is 9.33. The number of halogens is 1. The molecule has 2 aliphatic rings. The predicted molar refractivity (Wildman–Crippen MR) is 109 cm³/mol. The van der Waals surface area contributed by atoms with Crippen molar-refractivity contribution in [2.75, 3.05) is 29.6 Å². The Morgan fingerprint density at radius 2 is 2.04 bits per heavy atom. The van der Waals surface area contributed by atoms with Crippen molar-refractivity contribution >= 4 is 35.0 Å². The molecule has 1 unspecified atom stereocenters. The second-order valence-electron chi connectivity index (χ2n) is 7.08. The van der Waals surface area contributed by atoms with Crippen LogP contribution < -0.4 is 15.5 Å². The van der Waals surface area contributed by atoms with E-state index in [2.05, 4.69) is 10.6 Å². The number of thioether (sulfide) groups is 1. The number of rotatable bonds is 4. The summed E-state index contributed by atoms with van der Waals surface area (Å²) in [5.41, 5.74) is 2.57. The fraction of sp³-hybridized carbons (Fsp3) is 0.333. The van der Waals surface area contributed by atoms with Crippen molar-refractivity contribution in [3.05, 3.63) is 53.3 Å². The number of carbonyl (C=O) groups excluding carboxylic acids is 2. The lowest BCUT2D eigenvalue weighted by Crippen LogP contribution is -2.29. The first kappa shape index (κ1) is 19.0. The van der Waals surface area contributed by atoms with Crippen molar-refractivity contribution in [3.63, 3.8) is 0 Å². The number of hydrogen-bond acceptors (Lipinski definition) is 4. The van der Waals surface area contributed by atoms with E-state index < -0.39 is 5.92 Å². The minimum Gasteiger partial charge on any atom is -0.323 e. The number of nitrogens with one attached hydrogen (secondary N) is 2. The highest BCUT2D eigenvalue weighted by atomic mass is 32.2. The largest absolute Gasteiger partial charge is 0.323 e. The third-order valence-corrected chi connectivity index (χ3v) is 6.09. The number of fused-ring (bicyclic) bond motifs is 1. The van der Waals surface area contributed by atoms with Gasteiger partial charge in [-0.05, 0) is 60.7 Å². The van der Waals surface area contributed by atoms with Gasteiger partial charge in [0.2, 0.25) is 11.8 Å². The van der Waals surface area contributed by atoms with E-state index in [4.69, 9.17) is 0 Å². The Morgan fingerprint density at radius 3 is 2.79 bits per heavy atom. The average molecular weight is 399 g/mol. The number of nitrogens with zero attached hydrogens (tertiary/aromatic N) is 1. The molecule has 2 heterocycles. The van der Waals surface area contributed by atoms with Crippen molar-refractivity contribution in [2.45, 2.75) is 24.3 Å². The summed E-state index contributed by atoms with van der Waals surface area (Å²) in [6.07, 6.45) is 2.73. The van der Waals surface area contributed by atoms with E-state index in [1.54, 1.807) is 22.7 Å². The molecule has 1 fully saturated rings. The molecule has 146 valence electrons.